The predicted octanol–water partition coefficient (Wildman–Crippen LogP) is 1.96. The number of rotatable bonds is 4. The van der Waals surface area contributed by atoms with Crippen LogP contribution in [0.15, 0.2) is 24.3 Å². The largest absolute Gasteiger partial charge is 0.465 e. The lowest BCUT2D eigenvalue weighted by Crippen LogP contribution is -2.52. The molecule has 0 radical (unpaired) electrons. The summed E-state index contributed by atoms with van der Waals surface area (Å²) in [6.07, 6.45) is 0. The minimum atomic E-state index is -0.335. The van der Waals surface area contributed by atoms with Gasteiger partial charge in [-0.3, -0.25) is 0 Å². The van der Waals surface area contributed by atoms with Crippen LogP contribution < -0.4 is 10.2 Å². The molecule has 0 spiro atoms. The molecule has 1 N–H and O–H groups in total. The molecule has 0 aliphatic carbocycles. The van der Waals surface area contributed by atoms with E-state index >= 15 is 0 Å². The number of benzene rings is 1. The number of urea groups is 1. The maximum atomic E-state index is 12.1. The van der Waals surface area contributed by atoms with Gasteiger partial charge in [-0.1, -0.05) is 19.9 Å². The van der Waals surface area contributed by atoms with Gasteiger partial charge in [0, 0.05) is 38.4 Å². The van der Waals surface area contributed by atoms with E-state index in [1.54, 1.807) is 6.07 Å². The van der Waals surface area contributed by atoms with Crippen molar-refractivity contribution in [2.45, 2.75) is 13.8 Å². The lowest BCUT2D eigenvalue weighted by molar-refractivity contribution is 0.0600. The minimum absolute atomic E-state index is 0.00154. The van der Waals surface area contributed by atoms with Gasteiger partial charge in [0.2, 0.25) is 0 Å². The second kappa shape index (κ2) is 7.85. The molecular formula is C17H25N3O3. The molecule has 2 rings (SSSR count). The van der Waals surface area contributed by atoms with Crippen LogP contribution in [-0.4, -0.2) is 56.7 Å². The van der Waals surface area contributed by atoms with Gasteiger partial charge in [-0.25, -0.2) is 9.59 Å². The zero-order valence-electron chi connectivity index (χ0n) is 14.0. The predicted molar refractivity (Wildman–Crippen MR) is 89.8 cm³/mol. The van der Waals surface area contributed by atoms with Crippen molar-refractivity contribution in [3.63, 3.8) is 0 Å². The molecule has 1 aliphatic rings. The monoisotopic (exact) mass is 319 g/mol. The summed E-state index contributed by atoms with van der Waals surface area (Å²) >= 11 is 0. The van der Waals surface area contributed by atoms with Gasteiger partial charge < -0.3 is 19.9 Å². The highest BCUT2D eigenvalue weighted by molar-refractivity contribution is 5.90. The SMILES string of the molecule is COC(=O)c1cccc(N2CCN(C(=O)NCC(C)C)CC2)c1. The molecule has 0 bridgehead atoms. The van der Waals surface area contributed by atoms with Gasteiger partial charge >= 0.3 is 12.0 Å². The summed E-state index contributed by atoms with van der Waals surface area (Å²) in [5.41, 5.74) is 1.53. The summed E-state index contributed by atoms with van der Waals surface area (Å²) in [6.45, 7) is 7.69. The number of nitrogens with one attached hydrogen (secondary N) is 1. The van der Waals surface area contributed by atoms with Crippen molar-refractivity contribution in [2.24, 2.45) is 5.92 Å². The van der Waals surface area contributed by atoms with E-state index in [1.807, 2.05) is 23.1 Å². The Morgan fingerprint density at radius 2 is 1.91 bits per heavy atom. The fourth-order valence-corrected chi connectivity index (χ4v) is 2.52. The Balaban J connectivity index is 1.91. The highest BCUT2D eigenvalue weighted by atomic mass is 16.5. The summed E-state index contributed by atoms with van der Waals surface area (Å²) in [5, 5.41) is 2.95. The molecule has 6 nitrogen and oxygen atoms in total. The van der Waals surface area contributed by atoms with Crippen LogP contribution in [0.1, 0.15) is 24.2 Å². The van der Waals surface area contributed by atoms with Gasteiger partial charge in [-0.15, -0.1) is 0 Å². The standard InChI is InChI=1S/C17H25N3O3/c1-13(2)12-18-17(22)20-9-7-19(8-10-20)15-6-4-5-14(11-15)16(21)23-3/h4-6,11,13H,7-10,12H2,1-3H3,(H,18,22). The molecule has 126 valence electrons. The van der Waals surface area contributed by atoms with E-state index < -0.39 is 0 Å². The van der Waals surface area contributed by atoms with Crippen molar-refractivity contribution < 1.29 is 14.3 Å². The second-order valence-electron chi connectivity index (χ2n) is 6.10. The highest BCUT2D eigenvalue weighted by Gasteiger charge is 2.21. The van der Waals surface area contributed by atoms with Crippen LogP contribution in [0, 0.1) is 5.92 Å². The fraction of sp³-hybridized carbons (Fsp3) is 0.529. The van der Waals surface area contributed by atoms with Crippen LogP contribution >= 0.6 is 0 Å². The maximum absolute atomic E-state index is 12.1. The average molecular weight is 319 g/mol. The quantitative estimate of drug-likeness (QED) is 0.862. The molecular weight excluding hydrogens is 294 g/mol. The number of carbonyl (C=O) groups excluding carboxylic acids is 2. The molecule has 0 atom stereocenters. The Morgan fingerprint density at radius 1 is 1.22 bits per heavy atom. The van der Waals surface area contributed by atoms with E-state index in [0.29, 0.717) is 31.1 Å². The average Bonchev–Trinajstić information content (AvgIpc) is 2.59. The van der Waals surface area contributed by atoms with Crippen molar-refractivity contribution in [1.29, 1.82) is 0 Å². The van der Waals surface area contributed by atoms with Crippen LogP contribution in [0.25, 0.3) is 0 Å². The molecule has 1 aromatic carbocycles. The van der Waals surface area contributed by atoms with E-state index in [2.05, 4.69) is 24.1 Å². The third-order valence-electron chi connectivity index (χ3n) is 3.86. The smallest absolute Gasteiger partial charge is 0.337 e. The normalized spacial score (nSPS) is 14.8. The first-order valence-electron chi connectivity index (χ1n) is 7.97. The summed E-state index contributed by atoms with van der Waals surface area (Å²) in [7, 11) is 1.38. The molecule has 0 unspecified atom stereocenters. The van der Waals surface area contributed by atoms with Gasteiger partial charge in [-0.05, 0) is 24.1 Å². The van der Waals surface area contributed by atoms with E-state index in [1.165, 1.54) is 7.11 Å². The first-order chi connectivity index (χ1) is 11.0. The van der Waals surface area contributed by atoms with E-state index in [4.69, 9.17) is 4.74 Å². The molecule has 0 aromatic heterocycles. The Hall–Kier alpha value is -2.24. The summed E-state index contributed by atoms with van der Waals surface area (Å²) in [6, 6.07) is 7.40. The highest BCUT2D eigenvalue weighted by Crippen LogP contribution is 2.18. The number of hydrogen-bond donors (Lipinski definition) is 1. The number of amides is 2. The maximum Gasteiger partial charge on any atom is 0.337 e. The van der Waals surface area contributed by atoms with Crippen LogP contribution in [0.4, 0.5) is 10.5 Å². The molecule has 0 saturated carbocycles. The first kappa shape index (κ1) is 17.1. The Kier molecular flexibility index (Phi) is 5.84. The number of methoxy groups -OCH3 is 1. The molecule has 1 fully saturated rings. The Morgan fingerprint density at radius 3 is 2.52 bits per heavy atom. The number of carbonyl (C=O) groups is 2. The third-order valence-corrected chi connectivity index (χ3v) is 3.86. The lowest BCUT2D eigenvalue weighted by atomic mass is 10.1. The minimum Gasteiger partial charge on any atom is -0.465 e. The molecule has 2 amide bonds. The summed E-state index contributed by atoms with van der Waals surface area (Å²) in [4.78, 5) is 27.7. The number of nitrogens with zero attached hydrogens (tertiary/aromatic N) is 2. The van der Waals surface area contributed by atoms with Crippen molar-refractivity contribution >= 4 is 17.7 Å². The zero-order valence-corrected chi connectivity index (χ0v) is 14.0. The zero-order chi connectivity index (χ0) is 16.8. The first-order valence-corrected chi connectivity index (χ1v) is 7.97. The van der Waals surface area contributed by atoms with Gasteiger partial charge in [0.05, 0.1) is 12.7 Å². The van der Waals surface area contributed by atoms with Gasteiger partial charge in [0.15, 0.2) is 0 Å². The van der Waals surface area contributed by atoms with Gasteiger partial charge in [0.25, 0.3) is 0 Å². The lowest BCUT2D eigenvalue weighted by Gasteiger charge is -2.36. The summed E-state index contributed by atoms with van der Waals surface area (Å²) in [5.74, 6) is 0.111. The van der Waals surface area contributed by atoms with Crippen LogP contribution in [0.2, 0.25) is 0 Å². The molecule has 1 heterocycles. The van der Waals surface area contributed by atoms with Crippen molar-refractivity contribution in [1.82, 2.24) is 10.2 Å². The van der Waals surface area contributed by atoms with Crippen LogP contribution in [0.3, 0.4) is 0 Å². The van der Waals surface area contributed by atoms with Crippen LogP contribution in [0.5, 0.6) is 0 Å². The third kappa shape index (κ3) is 4.61. The van der Waals surface area contributed by atoms with E-state index in [-0.39, 0.29) is 12.0 Å². The van der Waals surface area contributed by atoms with Crippen LogP contribution in [-0.2, 0) is 4.74 Å². The van der Waals surface area contributed by atoms with Crippen molar-refractivity contribution in [3.05, 3.63) is 29.8 Å². The number of piperazine rings is 1. The fourth-order valence-electron chi connectivity index (χ4n) is 2.52. The molecule has 1 aromatic rings. The number of anilines is 1. The van der Waals surface area contributed by atoms with Crippen molar-refractivity contribution in [3.8, 4) is 0 Å². The number of hydrogen-bond acceptors (Lipinski definition) is 4. The second-order valence-corrected chi connectivity index (χ2v) is 6.10. The Labute approximate surface area is 137 Å². The number of esters is 1. The molecule has 6 heteroatoms. The molecule has 1 saturated heterocycles. The Bertz CT molecular complexity index is 552. The van der Waals surface area contributed by atoms with Crippen molar-refractivity contribution in [2.75, 3.05) is 44.7 Å². The van der Waals surface area contributed by atoms with E-state index in [9.17, 15) is 9.59 Å². The topological polar surface area (TPSA) is 61.9 Å². The molecule has 23 heavy (non-hydrogen) atoms. The van der Waals surface area contributed by atoms with Gasteiger partial charge in [0.1, 0.15) is 0 Å². The number of ether oxygens (including phenoxy) is 1. The van der Waals surface area contributed by atoms with E-state index in [0.717, 1.165) is 18.8 Å². The van der Waals surface area contributed by atoms with Gasteiger partial charge in [-0.2, -0.15) is 0 Å². The summed E-state index contributed by atoms with van der Waals surface area (Å²) < 4.78 is 4.75. The molecule has 1 aliphatic heterocycles.